The summed E-state index contributed by atoms with van der Waals surface area (Å²) >= 11 is 5.36. The maximum atomic E-state index is 5.36. The summed E-state index contributed by atoms with van der Waals surface area (Å²) in [6.45, 7) is 13.0. The normalized spacial score (nSPS) is 10.7. The van der Waals surface area contributed by atoms with Gasteiger partial charge in [-0.25, -0.2) is 0 Å². The van der Waals surface area contributed by atoms with Gasteiger partial charge < -0.3 is 5.32 Å². The molecule has 0 unspecified atom stereocenters. The van der Waals surface area contributed by atoms with Crippen LogP contribution >= 0.6 is 12.2 Å². The van der Waals surface area contributed by atoms with Gasteiger partial charge in [-0.1, -0.05) is 39.8 Å². The maximum absolute atomic E-state index is 5.36. The zero-order valence-corrected chi connectivity index (χ0v) is 15.5. The van der Waals surface area contributed by atoms with E-state index in [1.165, 1.54) is 16.8 Å². The Morgan fingerprint density at radius 1 is 1.09 bits per heavy atom. The minimum absolute atomic E-state index is 0.540. The highest BCUT2D eigenvalue weighted by molar-refractivity contribution is 7.80. The van der Waals surface area contributed by atoms with Gasteiger partial charge in [0.25, 0.3) is 0 Å². The lowest BCUT2D eigenvalue weighted by Crippen LogP contribution is -2.26. The van der Waals surface area contributed by atoms with Crippen LogP contribution in [-0.4, -0.2) is 10.8 Å². The van der Waals surface area contributed by atoms with Gasteiger partial charge in [-0.2, -0.15) is 5.10 Å². The topological polar surface area (TPSA) is 36.4 Å². The van der Waals surface area contributed by atoms with Gasteiger partial charge in [0.2, 0.25) is 0 Å². The van der Waals surface area contributed by atoms with Gasteiger partial charge in [0.05, 0.1) is 0 Å². The Kier molecular flexibility index (Phi) is 7.52. The average Bonchev–Trinajstić information content (AvgIpc) is 2.40. The van der Waals surface area contributed by atoms with Crippen LogP contribution in [0.25, 0.3) is 0 Å². The first-order chi connectivity index (χ1) is 10.3. The Morgan fingerprint density at radius 2 is 1.68 bits per heavy atom. The number of thiocarbonyl (C=S) groups is 1. The zero-order chi connectivity index (χ0) is 16.7. The van der Waals surface area contributed by atoms with E-state index in [0.29, 0.717) is 16.9 Å². The summed E-state index contributed by atoms with van der Waals surface area (Å²) in [6.07, 6.45) is 1.99. The van der Waals surface area contributed by atoms with Crippen molar-refractivity contribution in [3.63, 3.8) is 0 Å². The molecule has 0 saturated heterocycles. The smallest absolute Gasteiger partial charge is 0.191 e. The summed E-state index contributed by atoms with van der Waals surface area (Å²) in [6, 6.07) is 6.15. The zero-order valence-electron chi connectivity index (χ0n) is 14.7. The van der Waals surface area contributed by atoms with Crippen molar-refractivity contribution in [2.24, 2.45) is 16.9 Å². The molecular weight excluding hydrogens is 290 g/mol. The highest BCUT2D eigenvalue weighted by Crippen LogP contribution is 2.17. The van der Waals surface area contributed by atoms with E-state index in [9.17, 15) is 0 Å². The summed E-state index contributed by atoms with van der Waals surface area (Å²) in [5.74, 6) is 1.19. The van der Waals surface area contributed by atoms with E-state index in [-0.39, 0.29) is 0 Å². The summed E-state index contributed by atoms with van der Waals surface area (Å²) in [5, 5.41) is 8.28. The van der Waals surface area contributed by atoms with Crippen LogP contribution < -0.4 is 10.7 Å². The largest absolute Gasteiger partial charge is 0.331 e. The summed E-state index contributed by atoms with van der Waals surface area (Å²) in [7, 11) is 0. The number of nitrogens with zero attached hydrogens (tertiary/aromatic N) is 1. The second-order valence-corrected chi connectivity index (χ2v) is 7.10. The Morgan fingerprint density at radius 3 is 2.23 bits per heavy atom. The molecule has 0 heterocycles. The first-order valence-electron chi connectivity index (χ1n) is 7.98. The lowest BCUT2D eigenvalue weighted by atomic mass is 9.99. The Hall–Kier alpha value is -1.42. The lowest BCUT2D eigenvalue weighted by Gasteiger charge is -2.14. The minimum atomic E-state index is 0.540. The van der Waals surface area contributed by atoms with Crippen LogP contribution in [0.15, 0.2) is 23.3 Å². The third-order valence-electron chi connectivity index (χ3n) is 3.46. The fourth-order valence-electron chi connectivity index (χ4n) is 2.28. The quantitative estimate of drug-likeness (QED) is 0.438. The molecule has 122 valence electrons. The van der Waals surface area contributed by atoms with Crippen LogP contribution in [0, 0.1) is 25.7 Å². The predicted octanol–water partition coefficient (Wildman–Crippen LogP) is 5.04. The van der Waals surface area contributed by atoms with Crippen LogP contribution in [0.3, 0.4) is 0 Å². The van der Waals surface area contributed by atoms with Gasteiger partial charge in [-0.05, 0) is 67.9 Å². The van der Waals surface area contributed by atoms with E-state index in [4.69, 9.17) is 12.2 Å². The van der Waals surface area contributed by atoms with Gasteiger partial charge >= 0.3 is 0 Å². The SMILES string of the molecule is Cc1cccc(NC(=S)NN=C(CC(C)C)CC(C)C)c1C. The second-order valence-electron chi connectivity index (χ2n) is 6.69. The molecule has 1 aromatic carbocycles. The van der Waals surface area contributed by atoms with Crippen LogP contribution in [0.1, 0.15) is 51.7 Å². The second kappa shape index (κ2) is 8.89. The number of benzene rings is 1. The number of anilines is 1. The molecule has 0 amide bonds. The standard InChI is InChI=1S/C18H29N3S/c1-12(2)10-16(11-13(3)4)20-21-18(22)19-17-9-7-8-14(5)15(17)6/h7-9,12-13H,10-11H2,1-6H3,(H2,19,21,22). The number of rotatable bonds is 6. The van der Waals surface area contributed by atoms with Gasteiger partial charge in [0, 0.05) is 11.4 Å². The third-order valence-corrected chi connectivity index (χ3v) is 3.65. The number of hydrogen-bond donors (Lipinski definition) is 2. The molecule has 0 aromatic heterocycles. The van der Waals surface area contributed by atoms with Gasteiger partial charge in [0.15, 0.2) is 5.11 Å². The molecule has 1 rings (SSSR count). The van der Waals surface area contributed by atoms with Crippen molar-refractivity contribution >= 4 is 28.7 Å². The molecular formula is C18H29N3S. The first kappa shape index (κ1) is 18.6. The number of nitrogens with one attached hydrogen (secondary N) is 2. The Labute approximate surface area is 140 Å². The fourth-order valence-corrected chi connectivity index (χ4v) is 2.44. The highest BCUT2D eigenvalue weighted by atomic mass is 32.1. The van der Waals surface area contributed by atoms with Crippen LogP contribution in [-0.2, 0) is 0 Å². The molecule has 0 aliphatic heterocycles. The molecule has 0 aliphatic carbocycles. The minimum Gasteiger partial charge on any atom is -0.331 e. The molecule has 22 heavy (non-hydrogen) atoms. The molecule has 1 aromatic rings. The Bertz CT molecular complexity index is 521. The number of hydrogen-bond acceptors (Lipinski definition) is 2. The molecule has 0 spiro atoms. The molecule has 2 N–H and O–H groups in total. The van der Waals surface area contributed by atoms with E-state index in [2.05, 4.69) is 63.5 Å². The maximum Gasteiger partial charge on any atom is 0.191 e. The summed E-state index contributed by atoms with van der Waals surface area (Å²) < 4.78 is 0. The summed E-state index contributed by atoms with van der Waals surface area (Å²) in [4.78, 5) is 0. The van der Waals surface area contributed by atoms with E-state index < -0.39 is 0 Å². The Balaban J connectivity index is 2.69. The van der Waals surface area contributed by atoms with Gasteiger partial charge in [0.1, 0.15) is 0 Å². The van der Waals surface area contributed by atoms with Crippen molar-refractivity contribution in [3.8, 4) is 0 Å². The van der Waals surface area contributed by atoms with Crippen LogP contribution in [0.4, 0.5) is 5.69 Å². The van der Waals surface area contributed by atoms with Gasteiger partial charge in [-0.15, -0.1) is 0 Å². The first-order valence-corrected chi connectivity index (χ1v) is 8.39. The van der Waals surface area contributed by atoms with Crippen molar-refractivity contribution in [2.75, 3.05) is 5.32 Å². The van der Waals surface area contributed by atoms with E-state index >= 15 is 0 Å². The van der Waals surface area contributed by atoms with E-state index in [1.807, 2.05) is 12.1 Å². The van der Waals surface area contributed by atoms with Crippen molar-refractivity contribution in [1.29, 1.82) is 0 Å². The molecule has 3 nitrogen and oxygen atoms in total. The van der Waals surface area contributed by atoms with Crippen molar-refractivity contribution < 1.29 is 0 Å². The molecule has 0 fully saturated rings. The van der Waals surface area contributed by atoms with E-state index in [0.717, 1.165) is 18.5 Å². The van der Waals surface area contributed by atoms with Crippen molar-refractivity contribution in [2.45, 2.75) is 54.4 Å². The molecule has 0 saturated carbocycles. The lowest BCUT2D eigenvalue weighted by molar-refractivity contribution is 0.631. The van der Waals surface area contributed by atoms with Crippen LogP contribution in [0.5, 0.6) is 0 Å². The summed E-state index contributed by atoms with van der Waals surface area (Å²) in [5.41, 5.74) is 7.66. The molecule has 4 heteroatoms. The van der Waals surface area contributed by atoms with Gasteiger partial charge in [-0.3, -0.25) is 5.43 Å². The van der Waals surface area contributed by atoms with Crippen molar-refractivity contribution in [1.82, 2.24) is 5.43 Å². The van der Waals surface area contributed by atoms with Crippen LogP contribution in [0.2, 0.25) is 0 Å². The molecule has 0 atom stereocenters. The molecule has 0 aliphatic rings. The number of hydrazone groups is 1. The highest BCUT2D eigenvalue weighted by Gasteiger charge is 2.07. The molecule has 0 bridgehead atoms. The third kappa shape index (κ3) is 6.56. The molecule has 0 radical (unpaired) electrons. The van der Waals surface area contributed by atoms with Crippen molar-refractivity contribution in [3.05, 3.63) is 29.3 Å². The fraction of sp³-hybridized carbons (Fsp3) is 0.556. The average molecular weight is 320 g/mol. The number of aryl methyl sites for hydroxylation is 1. The monoisotopic (exact) mass is 319 g/mol. The van der Waals surface area contributed by atoms with E-state index in [1.54, 1.807) is 0 Å². The predicted molar refractivity (Wildman–Crippen MR) is 102 cm³/mol.